The molecule has 0 saturated heterocycles. The number of benzene rings is 2. The van der Waals surface area contributed by atoms with E-state index in [1.165, 1.54) is 10.9 Å². The van der Waals surface area contributed by atoms with Crippen molar-refractivity contribution in [1.29, 1.82) is 0 Å². The van der Waals surface area contributed by atoms with Crippen molar-refractivity contribution in [1.82, 2.24) is 0 Å². The average molecular weight is 580 g/mol. The monoisotopic (exact) mass is 576 g/mol. The minimum absolute atomic E-state index is 0.729. The van der Waals surface area contributed by atoms with Crippen molar-refractivity contribution in [3.8, 4) is 0 Å². The zero-order valence-corrected chi connectivity index (χ0v) is 21.3. The summed E-state index contributed by atoms with van der Waals surface area (Å²) in [5.41, 5.74) is 5.70. The van der Waals surface area contributed by atoms with E-state index in [0.29, 0.717) is 0 Å². The summed E-state index contributed by atoms with van der Waals surface area (Å²) >= 11 is 18.4. The Morgan fingerprint density at radius 3 is 1.44 bits per heavy atom. The number of rotatable bonds is 5. The Morgan fingerprint density at radius 2 is 1.15 bits per heavy atom. The number of nitrogens with zero attached hydrogens (tertiary/aromatic N) is 2. The van der Waals surface area contributed by atoms with Gasteiger partial charge in [-0.2, -0.15) is 0 Å². The molecule has 0 aliphatic rings. The van der Waals surface area contributed by atoms with E-state index in [2.05, 4.69) is 42.3 Å². The summed E-state index contributed by atoms with van der Waals surface area (Å²) in [5.74, 6) is 0. The molecule has 0 atom stereocenters. The molecule has 0 unspecified atom stereocenters. The number of hydrogen-bond acceptors (Lipinski definition) is 2. The molecule has 2 aromatic carbocycles. The van der Waals surface area contributed by atoms with Crippen LogP contribution in [0.3, 0.4) is 0 Å². The molecule has 0 spiro atoms. The van der Waals surface area contributed by atoms with Crippen LogP contribution < -0.4 is 0 Å². The van der Waals surface area contributed by atoms with Crippen LogP contribution in [0, 0.1) is 13.8 Å². The predicted octanol–water partition coefficient (Wildman–Crippen LogP) is 8.96. The first-order valence-corrected chi connectivity index (χ1v) is 14.0. The summed E-state index contributed by atoms with van der Waals surface area (Å²) in [6.07, 6.45) is 1.61. The van der Waals surface area contributed by atoms with Crippen LogP contribution in [0.5, 0.6) is 0 Å². The molecule has 2 aromatic rings. The first-order chi connectivity index (χ1) is 12.9. The molecule has 7 heteroatoms. The van der Waals surface area contributed by atoms with Crippen LogP contribution in [-0.2, 0) is 10.9 Å². The third-order valence-corrected chi connectivity index (χ3v) is 4.81. The van der Waals surface area contributed by atoms with Crippen molar-refractivity contribution in [2.45, 2.75) is 40.5 Å². The molecule has 0 aliphatic heterocycles. The molecule has 0 radical (unpaired) electrons. The Hall–Kier alpha value is -0.186. The zero-order chi connectivity index (χ0) is 20.4. The first-order valence-electron chi connectivity index (χ1n) is 8.37. The van der Waals surface area contributed by atoms with Gasteiger partial charge in [0.25, 0.3) is 0 Å². The maximum atomic E-state index is 6.21. The van der Waals surface area contributed by atoms with E-state index in [4.69, 9.17) is 33.2 Å². The van der Waals surface area contributed by atoms with E-state index in [1.54, 1.807) is 0 Å². The standard InChI is InChI=1S/C20H22Cl2N2.2BrH.Ni/c1-5-17(23-19-11-7-9-15(21)13(19)3)18(6-2)24-20-12-8-10-16(22)14(20)4;;;/h7-12H,5-6H2,1-4H3;2*1H;/q;;;+2/p-2. The number of aliphatic imine (C=N–C) groups is 2. The first kappa shape index (κ1) is 24.9. The van der Waals surface area contributed by atoms with Crippen molar-refractivity contribution < 1.29 is 10.9 Å². The fourth-order valence-corrected chi connectivity index (χ4v) is 2.76. The van der Waals surface area contributed by atoms with Crippen LogP contribution in [0.25, 0.3) is 0 Å². The third kappa shape index (κ3) is 7.63. The summed E-state index contributed by atoms with van der Waals surface area (Å²) in [6.45, 7) is 8.15. The van der Waals surface area contributed by atoms with Gasteiger partial charge < -0.3 is 0 Å². The van der Waals surface area contributed by atoms with Gasteiger partial charge in [0.2, 0.25) is 0 Å². The van der Waals surface area contributed by atoms with Crippen molar-refractivity contribution in [3.63, 3.8) is 0 Å². The molecular formula is C20H22Br2Cl2N2Ni. The van der Waals surface area contributed by atoms with Crippen LogP contribution in [0.15, 0.2) is 46.4 Å². The molecule has 150 valence electrons. The molecule has 0 aromatic heterocycles. The summed E-state index contributed by atoms with van der Waals surface area (Å²) in [4.78, 5) is 9.65. The van der Waals surface area contributed by atoms with Crippen molar-refractivity contribution in [2.24, 2.45) is 9.98 Å². The van der Waals surface area contributed by atoms with E-state index in [1.807, 2.05) is 50.2 Å². The van der Waals surface area contributed by atoms with Gasteiger partial charge in [0.15, 0.2) is 0 Å². The van der Waals surface area contributed by atoms with Crippen LogP contribution in [0.4, 0.5) is 11.4 Å². The topological polar surface area (TPSA) is 24.7 Å². The van der Waals surface area contributed by atoms with E-state index in [9.17, 15) is 0 Å². The molecule has 0 N–H and O–H groups in total. The van der Waals surface area contributed by atoms with E-state index >= 15 is 0 Å². The van der Waals surface area contributed by atoms with Gasteiger partial charge in [0.1, 0.15) is 0 Å². The molecule has 0 fully saturated rings. The maximum absolute atomic E-state index is 6.21. The molecule has 0 amide bonds. The molecule has 2 rings (SSSR count). The number of halogens is 4. The van der Waals surface area contributed by atoms with Gasteiger partial charge in [-0.1, -0.05) is 49.2 Å². The Labute approximate surface area is 192 Å². The molecule has 0 bridgehead atoms. The summed E-state index contributed by atoms with van der Waals surface area (Å²) in [6, 6.07) is 11.6. The summed E-state index contributed by atoms with van der Waals surface area (Å²) in [5, 5.41) is 1.46. The second kappa shape index (κ2) is 13.1. The zero-order valence-electron chi connectivity index (χ0n) is 15.6. The number of hydrogen-bond donors (Lipinski definition) is 0. The van der Waals surface area contributed by atoms with Crippen molar-refractivity contribution in [2.75, 3.05) is 0 Å². The van der Waals surface area contributed by atoms with Crippen LogP contribution >= 0.6 is 51.7 Å². The van der Waals surface area contributed by atoms with Gasteiger partial charge in [-0.25, -0.2) is 0 Å². The average Bonchev–Trinajstić information content (AvgIpc) is 2.65. The van der Waals surface area contributed by atoms with Gasteiger partial charge in [-0.3, -0.25) is 9.98 Å². The Morgan fingerprint density at radius 1 is 0.815 bits per heavy atom. The molecule has 0 aliphatic carbocycles. The van der Waals surface area contributed by atoms with Crippen LogP contribution in [-0.4, -0.2) is 11.4 Å². The van der Waals surface area contributed by atoms with Gasteiger partial charge in [-0.15, -0.1) is 0 Å². The van der Waals surface area contributed by atoms with Crippen LogP contribution in [0.1, 0.15) is 37.8 Å². The summed E-state index contributed by atoms with van der Waals surface area (Å²) in [7, 11) is 1.25. The minimum atomic E-state index is 0.729. The molecule has 2 nitrogen and oxygen atoms in total. The van der Waals surface area contributed by atoms with Gasteiger partial charge >= 0.3 is 39.3 Å². The third-order valence-electron chi connectivity index (χ3n) is 3.99. The molecular weight excluding hydrogens is 558 g/mol. The van der Waals surface area contributed by atoms with Crippen molar-refractivity contribution >= 4 is 74.5 Å². The van der Waals surface area contributed by atoms with E-state index < -0.39 is 0 Å². The fraction of sp³-hybridized carbons (Fsp3) is 0.300. The van der Waals surface area contributed by atoms with E-state index in [0.717, 1.165) is 56.8 Å². The quantitative estimate of drug-likeness (QED) is 0.250. The second-order valence-corrected chi connectivity index (χ2v) is 11.4. The normalized spacial score (nSPS) is 12.0. The van der Waals surface area contributed by atoms with Gasteiger partial charge in [-0.05, 0) is 62.1 Å². The van der Waals surface area contributed by atoms with E-state index in [-0.39, 0.29) is 0 Å². The Kier molecular flexibility index (Phi) is 12.1. The van der Waals surface area contributed by atoms with Gasteiger partial charge in [0.05, 0.1) is 22.8 Å². The predicted molar refractivity (Wildman–Crippen MR) is 125 cm³/mol. The molecule has 0 saturated carbocycles. The SMILES string of the molecule is CCC(=Nc1cccc(Cl)c1C)C(CC)=Nc1cccc(Cl)c1C.[Br][Ni][Br]. The fourth-order valence-electron chi connectivity index (χ4n) is 2.42. The second-order valence-electron chi connectivity index (χ2n) is 5.64. The van der Waals surface area contributed by atoms with Gasteiger partial charge in [0, 0.05) is 10.0 Å². The molecule has 0 heterocycles. The molecule has 27 heavy (non-hydrogen) atoms. The van der Waals surface area contributed by atoms with Crippen LogP contribution in [0.2, 0.25) is 10.0 Å². The Bertz CT molecular complexity index is 756. The van der Waals surface area contributed by atoms with Crippen molar-refractivity contribution in [3.05, 3.63) is 57.6 Å². The Balaban J connectivity index is 0.00000114. The summed E-state index contributed by atoms with van der Waals surface area (Å²) < 4.78 is 0.